The molecule has 1 rings (SSSR count). The molecule has 1 aromatic rings. The van der Waals surface area contributed by atoms with Gasteiger partial charge in [-0.05, 0) is 24.7 Å². The maximum atomic E-state index is 11.0. The fourth-order valence-corrected chi connectivity index (χ4v) is 2.65. The average Bonchev–Trinajstić information content (AvgIpc) is 2.39. The number of hydrogen-bond acceptors (Lipinski definition) is 4. The number of pyridine rings is 1. The predicted molar refractivity (Wildman–Crippen MR) is 75.1 cm³/mol. The number of carboxylic acid groups (broad SMARTS) is 1. The maximum absolute atomic E-state index is 11.0. The molecule has 0 fully saturated rings. The zero-order valence-electron chi connectivity index (χ0n) is 10.9. The van der Waals surface area contributed by atoms with Crippen molar-refractivity contribution in [1.29, 1.82) is 0 Å². The highest BCUT2D eigenvalue weighted by Crippen LogP contribution is 2.15. The van der Waals surface area contributed by atoms with Gasteiger partial charge < -0.3 is 10.0 Å². The maximum Gasteiger partial charge on any atom is 0.354 e. The molecule has 0 aliphatic heterocycles. The van der Waals surface area contributed by atoms with Crippen molar-refractivity contribution >= 4 is 17.7 Å². The van der Waals surface area contributed by atoms with Crippen molar-refractivity contribution < 1.29 is 9.90 Å². The summed E-state index contributed by atoms with van der Waals surface area (Å²) < 4.78 is 0. The smallest absolute Gasteiger partial charge is 0.354 e. The minimum atomic E-state index is -0.949. The van der Waals surface area contributed by atoms with Gasteiger partial charge in [0.05, 0.1) is 0 Å². The Morgan fingerprint density at radius 3 is 2.78 bits per heavy atom. The van der Waals surface area contributed by atoms with Crippen molar-refractivity contribution in [2.45, 2.75) is 19.6 Å². The van der Waals surface area contributed by atoms with Crippen molar-refractivity contribution in [2.24, 2.45) is 0 Å². The van der Waals surface area contributed by atoms with Crippen LogP contribution in [0.2, 0.25) is 0 Å². The van der Waals surface area contributed by atoms with Gasteiger partial charge in [0, 0.05) is 24.2 Å². The lowest BCUT2D eigenvalue weighted by molar-refractivity contribution is 0.0689. The van der Waals surface area contributed by atoms with Crippen molar-refractivity contribution in [1.82, 2.24) is 9.88 Å². The van der Waals surface area contributed by atoms with E-state index in [1.165, 1.54) is 6.20 Å². The van der Waals surface area contributed by atoms with Crippen LogP contribution in [0.25, 0.3) is 0 Å². The molecule has 100 valence electrons. The van der Waals surface area contributed by atoms with E-state index in [0.29, 0.717) is 5.75 Å². The average molecular weight is 268 g/mol. The molecule has 1 heterocycles. The van der Waals surface area contributed by atoms with Gasteiger partial charge in [-0.1, -0.05) is 19.9 Å². The Labute approximate surface area is 112 Å². The molecule has 1 aromatic heterocycles. The number of rotatable bonds is 8. The Morgan fingerprint density at radius 1 is 1.44 bits per heavy atom. The summed E-state index contributed by atoms with van der Waals surface area (Å²) in [6.07, 6.45) is 1.52. The Hall–Kier alpha value is -1.07. The van der Waals surface area contributed by atoms with E-state index in [9.17, 15) is 4.79 Å². The van der Waals surface area contributed by atoms with Gasteiger partial charge in [0.15, 0.2) is 5.69 Å². The number of aromatic carboxylic acids is 1. The zero-order valence-corrected chi connectivity index (χ0v) is 11.7. The summed E-state index contributed by atoms with van der Waals surface area (Å²) in [6, 6.07) is 3.62. The second-order valence-corrected chi connectivity index (χ2v) is 5.00. The van der Waals surface area contributed by atoms with Crippen LogP contribution in [0.3, 0.4) is 0 Å². The summed E-state index contributed by atoms with van der Waals surface area (Å²) >= 11 is 1.75. The van der Waals surface area contributed by atoms with Crippen LogP contribution in [0.15, 0.2) is 18.3 Å². The van der Waals surface area contributed by atoms with E-state index >= 15 is 0 Å². The standard InChI is InChI=1S/C13H20N2O2S/c1-3-15(4-2)8-9-18-10-11-6-5-7-14-12(11)13(16)17/h5-7H,3-4,8-10H2,1-2H3,(H,16,17). The fraction of sp³-hybridized carbons (Fsp3) is 0.538. The number of thioether (sulfide) groups is 1. The number of nitrogens with zero attached hydrogens (tertiary/aromatic N) is 2. The first-order valence-electron chi connectivity index (χ1n) is 6.16. The molecule has 0 aliphatic carbocycles. The number of carboxylic acids is 1. The van der Waals surface area contributed by atoms with Crippen LogP contribution >= 0.6 is 11.8 Å². The summed E-state index contributed by atoms with van der Waals surface area (Å²) in [5.41, 5.74) is 0.974. The van der Waals surface area contributed by atoms with Gasteiger partial charge in [-0.2, -0.15) is 11.8 Å². The molecular formula is C13H20N2O2S. The van der Waals surface area contributed by atoms with Gasteiger partial charge in [-0.15, -0.1) is 0 Å². The van der Waals surface area contributed by atoms with E-state index in [1.807, 2.05) is 6.07 Å². The summed E-state index contributed by atoms with van der Waals surface area (Å²) in [4.78, 5) is 17.2. The van der Waals surface area contributed by atoms with Gasteiger partial charge in [0.1, 0.15) is 0 Å². The van der Waals surface area contributed by atoms with Crippen molar-refractivity contribution in [3.63, 3.8) is 0 Å². The topological polar surface area (TPSA) is 53.4 Å². The van der Waals surface area contributed by atoms with Crippen molar-refractivity contribution in [3.8, 4) is 0 Å². The number of aromatic nitrogens is 1. The van der Waals surface area contributed by atoms with E-state index in [-0.39, 0.29) is 5.69 Å². The SMILES string of the molecule is CCN(CC)CCSCc1cccnc1C(=O)O. The molecule has 5 heteroatoms. The summed E-state index contributed by atoms with van der Waals surface area (Å²) in [5.74, 6) is 0.766. The first kappa shape index (κ1) is 15.0. The highest BCUT2D eigenvalue weighted by Gasteiger charge is 2.10. The second kappa shape index (κ2) is 8.11. The fourth-order valence-electron chi connectivity index (χ4n) is 1.66. The lowest BCUT2D eigenvalue weighted by Crippen LogP contribution is -2.25. The Bertz CT molecular complexity index is 381. The van der Waals surface area contributed by atoms with Gasteiger partial charge in [-0.25, -0.2) is 9.78 Å². The van der Waals surface area contributed by atoms with Crippen LogP contribution in [0, 0.1) is 0 Å². The Balaban J connectivity index is 2.42. The van der Waals surface area contributed by atoms with E-state index in [0.717, 1.165) is 31.0 Å². The van der Waals surface area contributed by atoms with Crippen molar-refractivity contribution in [2.75, 3.05) is 25.4 Å². The third-order valence-corrected chi connectivity index (χ3v) is 3.78. The first-order chi connectivity index (χ1) is 8.69. The third-order valence-electron chi connectivity index (χ3n) is 2.80. The van der Waals surface area contributed by atoms with E-state index in [1.54, 1.807) is 17.8 Å². The number of hydrogen-bond donors (Lipinski definition) is 1. The predicted octanol–water partition coefficient (Wildman–Crippen LogP) is 2.35. The monoisotopic (exact) mass is 268 g/mol. The van der Waals surface area contributed by atoms with Crippen LogP contribution in [0.4, 0.5) is 0 Å². The first-order valence-corrected chi connectivity index (χ1v) is 7.31. The van der Waals surface area contributed by atoms with E-state index in [4.69, 9.17) is 5.11 Å². The summed E-state index contributed by atoms with van der Waals surface area (Å²) in [7, 11) is 0. The third kappa shape index (κ3) is 4.66. The van der Waals surface area contributed by atoms with Gasteiger partial charge in [0.25, 0.3) is 0 Å². The van der Waals surface area contributed by atoms with Crippen LogP contribution in [-0.2, 0) is 5.75 Å². The highest BCUT2D eigenvalue weighted by atomic mass is 32.2. The molecule has 0 atom stereocenters. The quantitative estimate of drug-likeness (QED) is 0.733. The van der Waals surface area contributed by atoms with E-state index < -0.39 is 5.97 Å². The normalized spacial score (nSPS) is 10.8. The molecule has 0 bridgehead atoms. The summed E-state index contributed by atoms with van der Waals surface area (Å²) in [6.45, 7) is 7.46. The largest absolute Gasteiger partial charge is 0.477 e. The lowest BCUT2D eigenvalue weighted by atomic mass is 10.2. The molecule has 0 aliphatic rings. The molecule has 0 aromatic carbocycles. The molecule has 18 heavy (non-hydrogen) atoms. The van der Waals surface area contributed by atoms with Gasteiger partial charge in [-0.3, -0.25) is 0 Å². The zero-order chi connectivity index (χ0) is 13.4. The Kier molecular flexibility index (Phi) is 6.75. The van der Waals surface area contributed by atoms with Crippen LogP contribution < -0.4 is 0 Å². The number of carbonyl (C=O) groups is 1. The minimum Gasteiger partial charge on any atom is -0.477 e. The lowest BCUT2D eigenvalue weighted by Gasteiger charge is -2.17. The van der Waals surface area contributed by atoms with Crippen LogP contribution in [0.1, 0.15) is 29.9 Å². The molecule has 0 saturated carbocycles. The minimum absolute atomic E-state index is 0.174. The second-order valence-electron chi connectivity index (χ2n) is 3.90. The summed E-state index contributed by atoms with van der Waals surface area (Å²) in [5, 5.41) is 9.01. The molecular weight excluding hydrogens is 248 g/mol. The van der Waals surface area contributed by atoms with Gasteiger partial charge in [0.2, 0.25) is 0 Å². The van der Waals surface area contributed by atoms with Crippen LogP contribution in [-0.4, -0.2) is 46.3 Å². The molecule has 0 spiro atoms. The molecule has 0 amide bonds. The molecule has 1 N–H and O–H groups in total. The molecule has 0 radical (unpaired) electrons. The van der Waals surface area contributed by atoms with Crippen LogP contribution in [0.5, 0.6) is 0 Å². The van der Waals surface area contributed by atoms with Crippen molar-refractivity contribution in [3.05, 3.63) is 29.6 Å². The molecule has 0 unspecified atom stereocenters. The molecule has 4 nitrogen and oxygen atoms in total. The van der Waals surface area contributed by atoms with Gasteiger partial charge >= 0.3 is 5.97 Å². The molecule has 0 saturated heterocycles. The Morgan fingerprint density at radius 2 is 2.17 bits per heavy atom. The van der Waals surface area contributed by atoms with E-state index in [2.05, 4.69) is 23.7 Å². The highest BCUT2D eigenvalue weighted by molar-refractivity contribution is 7.98.